The summed E-state index contributed by atoms with van der Waals surface area (Å²) in [4.78, 5) is 32.3. The van der Waals surface area contributed by atoms with Crippen LogP contribution in [0.2, 0.25) is 4.47 Å². The van der Waals surface area contributed by atoms with Gasteiger partial charge in [-0.3, -0.25) is 0 Å². The van der Waals surface area contributed by atoms with Gasteiger partial charge in [0.25, 0.3) is 0 Å². The van der Waals surface area contributed by atoms with Crippen LogP contribution in [0.15, 0.2) is 87.9 Å². The van der Waals surface area contributed by atoms with Gasteiger partial charge < -0.3 is 20.0 Å². The number of nitrogens with two attached hydrogens (primary N) is 1. The van der Waals surface area contributed by atoms with E-state index < -0.39 is 25.3 Å². The maximum atomic E-state index is 11.4. The van der Waals surface area contributed by atoms with Gasteiger partial charge in [-0.15, -0.1) is 4.91 Å². The van der Waals surface area contributed by atoms with Crippen molar-refractivity contribution in [2.45, 2.75) is 36.2 Å². The number of halogens is 1. The summed E-state index contributed by atoms with van der Waals surface area (Å²) in [6.07, 6.45) is 2.32. The average molecular weight is 765 g/mol. The topological polar surface area (TPSA) is 203 Å². The number of fused-ring (bicyclic) bond motifs is 2. The van der Waals surface area contributed by atoms with Gasteiger partial charge in [0, 0.05) is 24.6 Å². The lowest BCUT2D eigenvalue weighted by molar-refractivity contribution is -0.00230. The van der Waals surface area contributed by atoms with Crippen molar-refractivity contribution in [3.8, 4) is 23.3 Å². The van der Waals surface area contributed by atoms with Crippen LogP contribution in [0.3, 0.4) is 0 Å². The number of thiazole rings is 2. The summed E-state index contributed by atoms with van der Waals surface area (Å²) in [7, 11) is -6.42. The molecular weight excluding hydrogens is 736 g/mol. The highest BCUT2D eigenvalue weighted by Crippen LogP contribution is 2.29. The zero-order valence-electron chi connectivity index (χ0n) is 26.5. The molecule has 0 unspecified atom stereocenters. The first-order valence-electron chi connectivity index (χ1n) is 13.8. The fourth-order valence-electron chi connectivity index (χ4n) is 3.57. The van der Waals surface area contributed by atoms with Crippen molar-refractivity contribution in [2.75, 3.05) is 18.2 Å². The summed E-state index contributed by atoms with van der Waals surface area (Å²) in [6, 6.07) is 19.2. The van der Waals surface area contributed by atoms with Crippen molar-refractivity contribution in [3.05, 3.63) is 82.2 Å². The normalized spacial score (nSPS) is 11.6. The van der Waals surface area contributed by atoms with Gasteiger partial charge >= 0.3 is 0 Å². The highest BCUT2D eigenvalue weighted by molar-refractivity contribution is 7.91. The second-order valence-corrected chi connectivity index (χ2v) is 17.5. The van der Waals surface area contributed by atoms with E-state index in [1.54, 1.807) is 69.3 Å². The Bertz CT molecular complexity index is 2140. The van der Waals surface area contributed by atoms with Gasteiger partial charge in [0.1, 0.15) is 37.8 Å². The van der Waals surface area contributed by atoms with E-state index in [4.69, 9.17) is 26.8 Å². The minimum absolute atomic E-state index is 0.243. The molecule has 0 atom stereocenters. The maximum absolute atomic E-state index is 11.4. The summed E-state index contributed by atoms with van der Waals surface area (Å²) in [5.74, 6) is 1.81. The molecule has 0 spiro atoms. The van der Waals surface area contributed by atoms with E-state index in [-0.39, 0.29) is 9.79 Å². The Labute approximate surface area is 294 Å². The zero-order valence-corrected chi connectivity index (χ0v) is 30.5. The van der Waals surface area contributed by atoms with E-state index in [1.807, 2.05) is 0 Å². The molecule has 0 aliphatic carbocycles. The lowest BCUT2D eigenvalue weighted by Gasteiger charge is -2.11. The van der Waals surface area contributed by atoms with Crippen LogP contribution in [0.25, 0.3) is 20.7 Å². The standard InChI is InChI=1S/C13H9ClN2O3S2.C13H11N3O3S2.C4H9NO2/c2*1-21(17,18)9-4-2-8(3-5-9)19-11-7-6-10-12(16-11)20-13(14)15-10;1-4(2,3)7-5-6/h2-7H,1H3;2-7H,1H3,(H2,14,15);1-3H3. The number of nitrogen functional groups attached to an aromatic ring is 1. The number of ether oxygens (including phenoxy) is 2. The van der Waals surface area contributed by atoms with Crippen LogP contribution >= 0.6 is 34.3 Å². The molecule has 2 N–H and O–H groups in total. The van der Waals surface area contributed by atoms with Crippen molar-refractivity contribution in [2.24, 2.45) is 5.34 Å². The first-order valence-corrected chi connectivity index (χ1v) is 19.6. The molecule has 14 nitrogen and oxygen atoms in total. The molecule has 0 bridgehead atoms. The number of sulfone groups is 2. The van der Waals surface area contributed by atoms with Gasteiger partial charge in [0.15, 0.2) is 34.6 Å². The molecule has 0 saturated carbocycles. The van der Waals surface area contributed by atoms with Gasteiger partial charge in [-0.05, 0) is 81.4 Å². The molecule has 0 radical (unpaired) electrons. The number of hydrogen-bond acceptors (Lipinski definition) is 16. The summed E-state index contributed by atoms with van der Waals surface area (Å²) in [5, 5.41) is 2.71. The second kappa shape index (κ2) is 15.4. The highest BCUT2D eigenvalue weighted by atomic mass is 35.5. The number of nitrogens with zero attached hydrogens (tertiary/aromatic N) is 5. The summed E-state index contributed by atoms with van der Waals surface area (Å²) in [5.41, 5.74) is 6.62. The highest BCUT2D eigenvalue weighted by Gasteiger charge is 2.11. The minimum atomic E-state index is -3.21. The van der Waals surface area contributed by atoms with Gasteiger partial charge in [0.2, 0.25) is 11.8 Å². The third kappa shape index (κ3) is 11.3. The fourth-order valence-corrected chi connectivity index (χ4v) is 6.49. The SMILES string of the molecule is CC(C)(C)ON=O.CS(=O)(=O)c1ccc(Oc2ccc3nc(Cl)sc3n2)cc1.CS(=O)(=O)c1ccc(Oc2ccc3nc(N)sc3n2)cc1. The van der Waals surface area contributed by atoms with Crippen LogP contribution in [-0.4, -0.2) is 54.9 Å². The lowest BCUT2D eigenvalue weighted by atomic mass is 10.2. The summed E-state index contributed by atoms with van der Waals surface area (Å²) < 4.78 is 57.1. The lowest BCUT2D eigenvalue weighted by Crippen LogP contribution is -2.14. The second-order valence-electron chi connectivity index (χ2n) is 10.9. The van der Waals surface area contributed by atoms with E-state index in [0.717, 1.165) is 18.0 Å². The van der Waals surface area contributed by atoms with Crippen molar-refractivity contribution < 1.29 is 31.1 Å². The molecule has 19 heteroatoms. The Morgan fingerprint density at radius 2 is 1.10 bits per heavy atom. The molecular formula is C30H29ClN6O8S4. The third-order valence-corrected chi connectivity index (χ3v) is 9.83. The molecule has 258 valence electrons. The zero-order chi connectivity index (χ0) is 36.0. The number of pyridine rings is 2. The summed E-state index contributed by atoms with van der Waals surface area (Å²) >= 11 is 8.37. The Morgan fingerprint density at radius 3 is 1.49 bits per heavy atom. The number of benzene rings is 2. The van der Waals surface area contributed by atoms with E-state index in [2.05, 4.69) is 30.1 Å². The Balaban J connectivity index is 0.000000186. The molecule has 0 aliphatic rings. The van der Waals surface area contributed by atoms with Crippen LogP contribution < -0.4 is 15.2 Å². The minimum Gasteiger partial charge on any atom is -0.439 e. The molecule has 0 aliphatic heterocycles. The van der Waals surface area contributed by atoms with Gasteiger partial charge in [-0.2, -0.15) is 0 Å². The average Bonchev–Trinajstić information content (AvgIpc) is 3.56. The molecule has 6 aromatic rings. The maximum Gasteiger partial charge on any atom is 0.220 e. The van der Waals surface area contributed by atoms with Crippen molar-refractivity contribution in [1.82, 2.24) is 19.9 Å². The van der Waals surface area contributed by atoms with Crippen LogP contribution in [0.1, 0.15) is 20.8 Å². The van der Waals surface area contributed by atoms with Gasteiger partial charge in [0.05, 0.1) is 9.79 Å². The molecule has 6 rings (SSSR count). The summed E-state index contributed by atoms with van der Waals surface area (Å²) in [6.45, 7) is 5.28. The van der Waals surface area contributed by atoms with Crippen LogP contribution in [-0.2, 0) is 24.5 Å². The van der Waals surface area contributed by atoms with Crippen molar-refractivity contribution in [1.29, 1.82) is 0 Å². The number of anilines is 1. The molecule has 4 heterocycles. The first kappa shape index (κ1) is 37.3. The molecule has 2 aromatic carbocycles. The molecule has 0 fully saturated rings. The van der Waals surface area contributed by atoms with E-state index in [0.29, 0.717) is 48.0 Å². The quantitative estimate of drug-likeness (QED) is 0.124. The molecule has 49 heavy (non-hydrogen) atoms. The van der Waals surface area contributed by atoms with Crippen LogP contribution in [0, 0.1) is 4.91 Å². The Hall–Kier alpha value is -4.49. The largest absolute Gasteiger partial charge is 0.439 e. The van der Waals surface area contributed by atoms with Crippen LogP contribution in [0.5, 0.6) is 23.3 Å². The molecule has 0 amide bonds. The monoisotopic (exact) mass is 764 g/mol. The molecule has 4 aromatic heterocycles. The number of rotatable bonds is 7. The van der Waals surface area contributed by atoms with Gasteiger partial charge in [-0.25, -0.2) is 36.8 Å². The predicted molar refractivity (Wildman–Crippen MR) is 190 cm³/mol. The van der Waals surface area contributed by atoms with Gasteiger partial charge in [-0.1, -0.05) is 34.3 Å². The van der Waals surface area contributed by atoms with Crippen LogP contribution in [0.4, 0.5) is 5.13 Å². The molecule has 0 saturated heterocycles. The van der Waals surface area contributed by atoms with Crippen molar-refractivity contribution >= 4 is 79.8 Å². The Morgan fingerprint density at radius 1 is 0.673 bits per heavy atom. The number of aromatic nitrogens is 4. The smallest absolute Gasteiger partial charge is 0.220 e. The first-order chi connectivity index (χ1) is 22.9. The number of hydrogen-bond donors (Lipinski definition) is 1. The van der Waals surface area contributed by atoms with E-state index in [1.165, 1.54) is 46.9 Å². The van der Waals surface area contributed by atoms with E-state index >= 15 is 0 Å². The van der Waals surface area contributed by atoms with E-state index in [9.17, 15) is 21.7 Å². The Kier molecular flexibility index (Phi) is 11.7. The third-order valence-electron chi connectivity index (χ3n) is 5.71. The van der Waals surface area contributed by atoms with Crippen molar-refractivity contribution in [3.63, 3.8) is 0 Å². The predicted octanol–water partition coefficient (Wildman–Crippen LogP) is 7.49. The fraction of sp³-hybridized carbons (Fsp3) is 0.200.